The van der Waals surface area contributed by atoms with Gasteiger partial charge in [-0.2, -0.15) is 0 Å². The summed E-state index contributed by atoms with van der Waals surface area (Å²) in [5.41, 5.74) is 2.55. The Kier molecular flexibility index (Phi) is 3.97. The molecule has 0 saturated heterocycles. The molecule has 0 aliphatic carbocycles. The van der Waals surface area contributed by atoms with Crippen molar-refractivity contribution in [2.24, 2.45) is 0 Å². The van der Waals surface area contributed by atoms with Gasteiger partial charge in [0.25, 0.3) is 0 Å². The maximum Gasteiger partial charge on any atom is 0.180 e. The number of halogens is 2. The van der Waals surface area contributed by atoms with Crippen molar-refractivity contribution in [3.8, 4) is 0 Å². The summed E-state index contributed by atoms with van der Waals surface area (Å²) in [5.74, 6) is 0.281. The molecule has 14 heavy (non-hydrogen) atoms. The molecule has 0 aromatic heterocycles. The van der Waals surface area contributed by atoms with Crippen LogP contribution in [0.15, 0.2) is 18.2 Å². The van der Waals surface area contributed by atoms with Crippen LogP contribution in [0.5, 0.6) is 0 Å². The lowest BCUT2D eigenvalue weighted by molar-refractivity contribution is 0.0991. The normalized spacial score (nSPS) is 12.6. The summed E-state index contributed by atoms with van der Waals surface area (Å²) in [7, 11) is 0. The molecule has 76 valence electrons. The highest BCUT2D eigenvalue weighted by atomic mass is 35.5. The molecule has 1 aromatic rings. The van der Waals surface area contributed by atoms with E-state index in [2.05, 4.69) is 0 Å². The Bertz CT molecular complexity index is 345. The number of carbonyl (C=O) groups excluding carboxylic acids is 1. The van der Waals surface area contributed by atoms with Crippen LogP contribution in [0.25, 0.3) is 0 Å². The average Bonchev–Trinajstić information content (AvgIpc) is 2.16. The number of carbonyl (C=O) groups is 1. The lowest BCUT2D eigenvalue weighted by atomic mass is 9.99. The van der Waals surface area contributed by atoms with Crippen LogP contribution in [-0.4, -0.2) is 11.2 Å². The molecule has 3 heteroatoms. The Hall–Kier alpha value is -0.530. The fraction of sp³-hybridized carbons (Fsp3) is 0.364. The third kappa shape index (κ3) is 2.28. The largest absolute Gasteiger partial charge is 0.293 e. The highest BCUT2D eigenvalue weighted by Crippen LogP contribution is 2.19. The quantitative estimate of drug-likeness (QED) is 0.574. The second-order valence-corrected chi connectivity index (χ2v) is 4.14. The zero-order valence-electron chi connectivity index (χ0n) is 8.18. The highest BCUT2D eigenvalue weighted by molar-refractivity contribution is 6.34. The van der Waals surface area contributed by atoms with Crippen molar-refractivity contribution in [3.05, 3.63) is 34.9 Å². The zero-order chi connectivity index (χ0) is 10.7. The summed E-state index contributed by atoms with van der Waals surface area (Å²) < 4.78 is 0. The number of alkyl halides is 2. The second-order valence-electron chi connectivity index (χ2n) is 3.21. The molecule has 1 unspecified atom stereocenters. The first-order chi connectivity index (χ1) is 6.57. The molecule has 0 N–H and O–H groups in total. The van der Waals surface area contributed by atoms with Gasteiger partial charge in [0.05, 0.1) is 5.38 Å². The average molecular weight is 231 g/mol. The van der Waals surface area contributed by atoms with E-state index in [0.29, 0.717) is 11.4 Å². The SMILES string of the molecule is Cc1cccc(C(=O)C(C)Cl)c1CCl. The van der Waals surface area contributed by atoms with Gasteiger partial charge in [-0.3, -0.25) is 4.79 Å². The smallest absolute Gasteiger partial charge is 0.180 e. The number of benzene rings is 1. The van der Waals surface area contributed by atoms with Gasteiger partial charge in [-0.1, -0.05) is 18.2 Å². The monoisotopic (exact) mass is 230 g/mol. The Morgan fingerprint density at radius 2 is 2.14 bits per heavy atom. The Balaban J connectivity index is 3.20. The summed E-state index contributed by atoms with van der Waals surface area (Å²) in [6.45, 7) is 3.61. The molecule has 0 saturated carbocycles. The lowest BCUT2D eigenvalue weighted by Crippen LogP contribution is -2.13. The first-order valence-electron chi connectivity index (χ1n) is 4.40. The Morgan fingerprint density at radius 3 is 2.64 bits per heavy atom. The minimum Gasteiger partial charge on any atom is -0.293 e. The van der Waals surface area contributed by atoms with Gasteiger partial charge >= 0.3 is 0 Å². The number of ketones is 1. The van der Waals surface area contributed by atoms with Crippen molar-refractivity contribution in [2.45, 2.75) is 25.1 Å². The molecule has 1 aromatic carbocycles. The predicted octanol–water partition coefficient (Wildman–Crippen LogP) is 3.54. The van der Waals surface area contributed by atoms with Crippen molar-refractivity contribution in [1.82, 2.24) is 0 Å². The van der Waals surface area contributed by atoms with Crippen molar-refractivity contribution < 1.29 is 4.79 Å². The molecule has 0 aliphatic rings. The van der Waals surface area contributed by atoms with E-state index in [0.717, 1.165) is 11.1 Å². The van der Waals surface area contributed by atoms with Crippen LogP contribution in [0.3, 0.4) is 0 Å². The van der Waals surface area contributed by atoms with E-state index in [1.807, 2.05) is 19.1 Å². The number of hydrogen-bond acceptors (Lipinski definition) is 1. The summed E-state index contributed by atoms with van der Waals surface area (Å²) in [6.07, 6.45) is 0. The fourth-order valence-corrected chi connectivity index (χ4v) is 1.80. The predicted molar refractivity (Wildman–Crippen MR) is 60.4 cm³/mol. The van der Waals surface area contributed by atoms with Gasteiger partial charge in [-0.25, -0.2) is 0 Å². The minimum atomic E-state index is -0.501. The summed E-state index contributed by atoms with van der Waals surface area (Å²) in [4.78, 5) is 11.7. The van der Waals surface area contributed by atoms with Gasteiger partial charge in [0.1, 0.15) is 0 Å². The van der Waals surface area contributed by atoms with Crippen LogP contribution >= 0.6 is 23.2 Å². The van der Waals surface area contributed by atoms with Crippen molar-refractivity contribution in [1.29, 1.82) is 0 Å². The van der Waals surface area contributed by atoms with Crippen molar-refractivity contribution in [3.63, 3.8) is 0 Å². The number of aryl methyl sites for hydroxylation is 1. The van der Waals surface area contributed by atoms with Gasteiger partial charge in [0.2, 0.25) is 0 Å². The van der Waals surface area contributed by atoms with E-state index < -0.39 is 5.38 Å². The Morgan fingerprint density at radius 1 is 1.50 bits per heavy atom. The molecule has 0 aliphatic heterocycles. The lowest BCUT2D eigenvalue weighted by Gasteiger charge is -2.09. The molecule has 1 atom stereocenters. The van der Waals surface area contributed by atoms with E-state index >= 15 is 0 Å². The Labute approximate surface area is 94.0 Å². The number of rotatable bonds is 3. The van der Waals surface area contributed by atoms with E-state index in [9.17, 15) is 4.79 Å². The molecule has 0 bridgehead atoms. The van der Waals surface area contributed by atoms with E-state index in [1.54, 1.807) is 13.0 Å². The van der Waals surface area contributed by atoms with Crippen LogP contribution in [0.1, 0.15) is 28.4 Å². The summed E-state index contributed by atoms with van der Waals surface area (Å²) in [6, 6.07) is 5.55. The molecule has 0 radical (unpaired) electrons. The topological polar surface area (TPSA) is 17.1 Å². The van der Waals surface area contributed by atoms with Crippen LogP contribution in [0.4, 0.5) is 0 Å². The van der Waals surface area contributed by atoms with Gasteiger partial charge < -0.3 is 0 Å². The van der Waals surface area contributed by atoms with Gasteiger partial charge in [-0.15, -0.1) is 23.2 Å². The fourth-order valence-electron chi connectivity index (χ4n) is 1.32. The van der Waals surface area contributed by atoms with Crippen molar-refractivity contribution >= 4 is 29.0 Å². The van der Waals surface area contributed by atoms with Gasteiger partial charge in [0.15, 0.2) is 5.78 Å². The maximum atomic E-state index is 11.7. The van der Waals surface area contributed by atoms with Crippen molar-refractivity contribution in [2.75, 3.05) is 0 Å². The molecule has 0 spiro atoms. The van der Waals surface area contributed by atoms with E-state index in [-0.39, 0.29) is 5.78 Å². The van der Waals surface area contributed by atoms with Crippen LogP contribution < -0.4 is 0 Å². The standard InChI is InChI=1S/C11H12Cl2O/c1-7-4-3-5-9(10(7)6-12)11(14)8(2)13/h3-5,8H,6H2,1-2H3. The highest BCUT2D eigenvalue weighted by Gasteiger charge is 2.16. The van der Waals surface area contributed by atoms with Crippen LogP contribution in [0.2, 0.25) is 0 Å². The first kappa shape index (κ1) is 11.5. The maximum absolute atomic E-state index is 11.7. The number of hydrogen-bond donors (Lipinski definition) is 0. The van der Waals surface area contributed by atoms with E-state index in [4.69, 9.17) is 23.2 Å². The van der Waals surface area contributed by atoms with E-state index in [1.165, 1.54) is 0 Å². The molecular formula is C11H12Cl2O. The molecule has 0 heterocycles. The van der Waals surface area contributed by atoms with Gasteiger partial charge in [-0.05, 0) is 25.0 Å². The van der Waals surface area contributed by atoms with Crippen LogP contribution in [-0.2, 0) is 5.88 Å². The molecule has 1 rings (SSSR count). The molecule has 0 fully saturated rings. The third-order valence-corrected chi connectivity index (χ3v) is 2.64. The zero-order valence-corrected chi connectivity index (χ0v) is 9.69. The third-order valence-electron chi connectivity index (χ3n) is 2.17. The molecular weight excluding hydrogens is 219 g/mol. The second kappa shape index (κ2) is 4.81. The summed E-state index contributed by atoms with van der Waals surface area (Å²) >= 11 is 11.5. The van der Waals surface area contributed by atoms with Crippen LogP contribution in [0, 0.1) is 6.92 Å². The molecule has 1 nitrogen and oxygen atoms in total. The first-order valence-corrected chi connectivity index (χ1v) is 5.37. The summed E-state index contributed by atoms with van der Waals surface area (Å²) in [5, 5.41) is -0.501. The minimum absolute atomic E-state index is 0.0639. The molecule has 0 amide bonds. The van der Waals surface area contributed by atoms with Gasteiger partial charge in [0, 0.05) is 11.4 Å². The number of Topliss-reactive ketones (excluding diaryl/α,β-unsaturated/α-hetero) is 1.